The van der Waals surface area contributed by atoms with Crippen LogP contribution in [0, 0.1) is 0 Å². The van der Waals surface area contributed by atoms with Gasteiger partial charge in [-0.3, -0.25) is 15.1 Å². The quantitative estimate of drug-likeness (QED) is 0.169. The molecule has 0 spiro atoms. The van der Waals surface area contributed by atoms with Crippen molar-refractivity contribution in [2.24, 2.45) is 0 Å². The monoisotopic (exact) mass is 635 g/mol. The van der Waals surface area contributed by atoms with E-state index in [1.165, 1.54) is 0 Å². The number of aromatic nitrogens is 1. The molecule has 46 heavy (non-hydrogen) atoms. The molecule has 0 saturated heterocycles. The first-order valence-corrected chi connectivity index (χ1v) is 16.2. The molecule has 0 radical (unpaired) electrons. The Kier molecular flexibility index (Phi) is 10.0. The van der Waals surface area contributed by atoms with Crippen molar-refractivity contribution in [1.29, 1.82) is 0 Å². The Hall–Kier alpha value is -4.76. The van der Waals surface area contributed by atoms with Crippen molar-refractivity contribution in [1.82, 2.24) is 15.2 Å². The van der Waals surface area contributed by atoms with Crippen LogP contribution in [0.25, 0.3) is 6.08 Å². The fourth-order valence-corrected chi connectivity index (χ4v) is 5.83. The Morgan fingerprint density at radius 1 is 0.935 bits per heavy atom. The molecule has 0 fully saturated rings. The molecule has 0 aliphatic carbocycles. The molecule has 2 heterocycles. The van der Waals surface area contributed by atoms with Crippen molar-refractivity contribution in [3.8, 4) is 0 Å². The fourth-order valence-electron chi connectivity index (χ4n) is 4.95. The highest BCUT2D eigenvalue weighted by Crippen LogP contribution is 2.38. The summed E-state index contributed by atoms with van der Waals surface area (Å²) in [6.45, 7) is 12.5. The van der Waals surface area contributed by atoms with Crippen molar-refractivity contribution in [2.75, 3.05) is 10.6 Å². The van der Waals surface area contributed by atoms with Crippen molar-refractivity contribution >= 4 is 46.9 Å². The summed E-state index contributed by atoms with van der Waals surface area (Å²) in [5.74, 6) is -0.155. The molecule has 9 heteroatoms. The number of ether oxygens (including phenoxy) is 1. The smallest absolute Gasteiger partial charge is 0.412 e. The zero-order valence-electron chi connectivity index (χ0n) is 27.1. The third-order valence-corrected chi connectivity index (χ3v) is 8.47. The van der Waals surface area contributed by atoms with Crippen molar-refractivity contribution in [3.63, 3.8) is 0 Å². The number of anilines is 3. The van der Waals surface area contributed by atoms with Gasteiger partial charge in [-0.05, 0) is 102 Å². The lowest BCUT2D eigenvalue weighted by Crippen LogP contribution is -2.27. The van der Waals surface area contributed by atoms with Crippen LogP contribution in [0.3, 0.4) is 0 Å². The van der Waals surface area contributed by atoms with E-state index in [9.17, 15) is 9.59 Å². The number of hydrogen-bond acceptors (Lipinski definition) is 7. The summed E-state index contributed by atoms with van der Waals surface area (Å²) in [5, 5.41) is 9.53. The second-order valence-corrected chi connectivity index (χ2v) is 13.6. The lowest BCUT2D eigenvalue weighted by Gasteiger charge is -2.29. The van der Waals surface area contributed by atoms with E-state index in [0.717, 1.165) is 44.5 Å². The van der Waals surface area contributed by atoms with Gasteiger partial charge >= 0.3 is 6.09 Å². The summed E-state index contributed by atoms with van der Waals surface area (Å²) in [6, 6.07) is 25.4. The summed E-state index contributed by atoms with van der Waals surface area (Å²) in [7, 11) is 0. The Morgan fingerprint density at radius 3 is 2.37 bits per heavy atom. The van der Waals surface area contributed by atoms with Gasteiger partial charge in [-0.1, -0.05) is 42.1 Å². The Labute approximate surface area is 275 Å². The Balaban J connectivity index is 1.41. The highest BCUT2D eigenvalue weighted by molar-refractivity contribution is 7.99. The molecule has 1 aromatic heterocycles. The van der Waals surface area contributed by atoms with Crippen LogP contribution < -0.4 is 16.0 Å². The molecule has 2 amide bonds. The minimum absolute atomic E-state index is 0.145. The first-order valence-electron chi connectivity index (χ1n) is 15.4. The van der Waals surface area contributed by atoms with Gasteiger partial charge < -0.3 is 20.3 Å². The van der Waals surface area contributed by atoms with Crippen molar-refractivity contribution < 1.29 is 14.3 Å². The van der Waals surface area contributed by atoms with E-state index < -0.39 is 11.7 Å². The van der Waals surface area contributed by atoms with Gasteiger partial charge in [-0.25, -0.2) is 4.79 Å². The normalized spacial score (nSPS) is 13.2. The minimum atomic E-state index is -0.580. The molecule has 0 bridgehead atoms. The molecule has 5 rings (SSSR count). The maximum absolute atomic E-state index is 13.4. The van der Waals surface area contributed by atoms with E-state index in [4.69, 9.17) is 4.74 Å². The molecule has 1 aliphatic rings. The maximum Gasteiger partial charge on any atom is 0.412 e. The molecule has 1 atom stereocenters. The zero-order valence-corrected chi connectivity index (χ0v) is 27.9. The predicted octanol–water partition coefficient (Wildman–Crippen LogP) is 9.01. The van der Waals surface area contributed by atoms with E-state index in [0.29, 0.717) is 17.3 Å². The standard InChI is InChI=1S/C37H41N5O3S/c1-24(2)42-21-19-30-31(18-20-38-33(30)23-42)41-32-22-27(35(43)39-25(3)26-10-8-7-9-11-26)12-17-34(32)46-29-15-13-28(14-16-29)40-36(44)45-37(4,5)6/h7-22,24-25H,23H2,1-6H3,(H,38,41)(H,39,43)(H,40,44). The Bertz CT molecular complexity index is 1720. The van der Waals surface area contributed by atoms with Crippen LogP contribution in [0.15, 0.2) is 101 Å². The number of fused-ring (bicyclic) bond motifs is 1. The number of benzene rings is 3. The van der Waals surface area contributed by atoms with Crippen LogP contribution in [0.4, 0.5) is 21.9 Å². The summed E-state index contributed by atoms with van der Waals surface area (Å²) in [5.41, 5.74) is 5.39. The average Bonchev–Trinajstić information content (AvgIpc) is 3.02. The van der Waals surface area contributed by atoms with Gasteiger partial charge in [0.25, 0.3) is 5.91 Å². The second-order valence-electron chi connectivity index (χ2n) is 12.5. The molecular formula is C37H41N5O3S. The second kappa shape index (κ2) is 14.1. The molecular weight excluding hydrogens is 595 g/mol. The molecule has 4 aromatic rings. The van der Waals surface area contributed by atoms with E-state index in [1.807, 2.05) is 113 Å². The number of rotatable bonds is 9. The lowest BCUT2D eigenvalue weighted by molar-refractivity contribution is 0.0635. The number of amides is 2. The van der Waals surface area contributed by atoms with Gasteiger partial charge in [0.2, 0.25) is 0 Å². The predicted molar refractivity (Wildman–Crippen MR) is 186 cm³/mol. The third kappa shape index (κ3) is 8.48. The van der Waals surface area contributed by atoms with Crippen LogP contribution in [-0.4, -0.2) is 33.5 Å². The number of pyridine rings is 1. The first-order chi connectivity index (χ1) is 21.9. The summed E-state index contributed by atoms with van der Waals surface area (Å²) in [6.07, 6.45) is 5.52. The van der Waals surface area contributed by atoms with Gasteiger partial charge in [0.15, 0.2) is 0 Å². The number of nitrogens with one attached hydrogen (secondary N) is 3. The van der Waals surface area contributed by atoms with Crippen molar-refractivity contribution in [2.45, 2.75) is 75.6 Å². The van der Waals surface area contributed by atoms with E-state index in [2.05, 4.69) is 52.0 Å². The van der Waals surface area contributed by atoms with E-state index in [1.54, 1.807) is 11.8 Å². The zero-order chi connectivity index (χ0) is 32.8. The van der Waals surface area contributed by atoms with Gasteiger partial charge in [0.1, 0.15) is 5.60 Å². The number of carbonyl (C=O) groups is 2. The Morgan fingerprint density at radius 2 is 1.67 bits per heavy atom. The minimum Gasteiger partial charge on any atom is -0.444 e. The molecule has 1 aliphatic heterocycles. The molecule has 1 unspecified atom stereocenters. The summed E-state index contributed by atoms with van der Waals surface area (Å²) < 4.78 is 5.37. The average molecular weight is 636 g/mol. The highest BCUT2D eigenvalue weighted by atomic mass is 32.2. The van der Waals surface area contributed by atoms with Crippen molar-refractivity contribution in [3.05, 3.63) is 114 Å². The maximum atomic E-state index is 13.4. The fraction of sp³-hybridized carbons (Fsp3) is 0.270. The highest BCUT2D eigenvalue weighted by Gasteiger charge is 2.20. The van der Waals surface area contributed by atoms with Crippen LogP contribution in [0.5, 0.6) is 0 Å². The summed E-state index contributed by atoms with van der Waals surface area (Å²) >= 11 is 1.56. The molecule has 8 nitrogen and oxygen atoms in total. The van der Waals surface area contributed by atoms with Gasteiger partial charge in [-0.15, -0.1) is 0 Å². The molecule has 0 saturated carbocycles. The molecule has 238 valence electrons. The number of nitrogens with zero attached hydrogens (tertiary/aromatic N) is 2. The number of hydrogen-bond donors (Lipinski definition) is 3. The largest absolute Gasteiger partial charge is 0.444 e. The topological polar surface area (TPSA) is 95.6 Å². The molecule has 3 aromatic carbocycles. The van der Waals surface area contributed by atoms with Crippen LogP contribution in [0.1, 0.15) is 74.8 Å². The van der Waals surface area contributed by atoms with Gasteiger partial charge in [-0.2, -0.15) is 0 Å². The molecule has 3 N–H and O–H groups in total. The van der Waals surface area contributed by atoms with E-state index >= 15 is 0 Å². The third-order valence-electron chi connectivity index (χ3n) is 7.39. The van der Waals surface area contributed by atoms with E-state index in [-0.39, 0.29) is 11.9 Å². The van der Waals surface area contributed by atoms with Crippen LogP contribution >= 0.6 is 11.8 Å². The summed E-state index contributed by atoms with van der Waals surface area (Å²) in [4.78, 5) is 34.5. The van der Waals surface area contributed by atoms with Gasteiger partial charge in [0.05, 0.1) is 24.0 Å². The SMILES string of the molecule is CC(NC(=O)c1ccc(Sc2ccc(NC(=O)OC(C)(C)C)cc2)c(Nc2ccnc3c2C=CN(C(C)C)C3)c1)c1ccccc1. The van der Waals surface area contributed by atoms with Crippen LogP contribution in [-0.2, 0) is 11.3 Å². The first kappa shape index (κ1) is 32.6. The van der Waals surface area contributed by atoms with Crippen LogP contribution in [0.2, 0.25) is 0 Å². The number of carbonyl (C=O) groups excluding carboxylic acids is 2. The van der Waals surface area contributed by atoms with Gasteiger partial charge in [0, 0.05) is 50.7 Å². The lowest BCUT2D eigenvalue weighted by atomic mass is 10.1.